The minimum absolute atomic E-state index is 0.00545. The Morgan fingerprint density at radius 2 is 1.72 bits per heavy atom. The summed E-state index contributed by atoms with van der Waals surface area (Å²) in [6.07, 6.45) is -0.530. The number of hydrogen-bond acceptors (Lipinski definition) is 4. The van der Waals surface area contributed by atoms with Gasteiger partial charge in [0.2, 0.25) is 10.0 Å². The fourth-order valence-corrected chi connectivity index (χ4v) is 5.29. The highest BCUT2D eigenvalue weighted by Crippen LogP contribution is 2.28. The van der Waals surface area contributed by atoms with Gasteiger partial charge in [-0.05, 0) is 50.2 Å². The van der Waals surface area contributed by atoms with Crippen molar-refractivity contribution >= 4 is 44.8 Å². The van der Waals surface area contributed by atoms with Crippen LogP contribution in [0.4, 0.5) is 10.1 Å². The predicted molar refractivity (Wildman–Crippen MR) is 110 cm³/mol. The number of carbonyl (C=O) groups excluding carboxylic acids is 1. The largest absolute Gasteiger partial charge is 0.373 e. The van der Waals surface area contributed by atoms with Crippen LogP contribution in [-0.4, -0.2) is 43.9 Å². The molecule has 2 aromatic carbocycles. The number of morpholine rings is 1. The standard InChI is InChI=1S/C19H19Cl2FN2O4S/c1-11-9-24(10-12(2)28-11)29(26,27)18-7-13(3-5-16(18)21)19(25)23-14-4-6-15(20)17(22)8-14/h3-8,11-12H,9-10H2,1-2H3,(H,23,25). The van der Waals surface area contributed by atoms with Crippen molar-refractivity contribution in [2.75, 3.05) is 18.4 Å². The minimum atomic E-state index is -3.94. The van der Waals surface area contributed by atoms with Crippen LogP contribution >= 0.6 is 23.2 Å². The van der Waals surface area contributed by atoms with Crippen LogP contribution in [0.2, 0.25) is 10.0 Å². The van der Waals surface area contributed by atoms with Gasteiger partial charge in [-0.15, -0.1) is 0 Å². The molecule has 1 fully saturated rings. The second-order valence-corrected chi connectivity index (χ2v) is 9.53. The van der Waals surface area contributed by atoms with Crippen molar-refractivity contribution in [2.45, 2.75) is 31.0 Å². The van der Waals surface area contributed by atoms with Crippen LogP contribution in [0.5, 0.6) is 0 Å². The summed E-state index contributed by atoms with van der Waals surface area (Å²) < 4.78 is 46.7. The molecule has 0 spiro atoms. The summed E-state index contributed by atoms with van der Waals surface area (Å²) in [4.78, 5) is 12.4. The molecular weight excluding hydrogens is 442 g/mol. The van der Waals surface area contributed by atoms with Gasteiger partial charge in [0.05, 0.1) is 22.3 Å². The van der Waals surface area contributed by atoms with Crippen molar-refractivity contribution in [3.8, 4) is 0 Å². The third-order valence-corrected chi connectivity index (χ3v) is 6.99. The highest BCUT2D eigenvalue weighted by atomic mass is 35.5. The van der Waals surface area contributed by atoms with Gasteiger partial charge >= 0.3 is 0 Å². The van der Waals surface area contributed by atoms with E-state index in [0.29, 0.717) is 0 Å². The van der Waals surface area contributed by atoms with E-state index in [1.54, 1.807) is 13.8 Å². The fraction of sp³-hybridized carbons (Fsp3) is 0.316. The Morgan fingerprint density at radius 3 is 2.34 bits per heavy atom. The minimum Gasteiger partial charge on any atom is -0.373 e. The number of anilines is 1. The summed E-state index contributed by atoms with van der Waals surface area (Å²) in [7, 11) is -3.94. The number of halogens is 3. The van der Waals surface area contributed by atoms with E-state index < -0.39 is 21.7 Å². The van der Waals surface area contributed by atoms with E-state index in [1.807, 2.05) is 0 Å². The zero-order chi connectivity index (χ0) is 21.3. The fourth-order valence-electron chi connectivity index (χ4n) is 3.09. The molecule has 1 N–H and O–H groups in total. The molecule has 0 radical (unpaired) electrons. The first kappa shape index (κ1) is 22.0. The number of benzene rings is 2. The van der Waals surface area contributed by atoms with Crippen LogP contribution < -0.4 is 5.32 Å². The summed E-state index contributed by atoms with van der Waals surface area (Å²) >= 11 is 11.8. The first-order valence-corrected chi connectivity index (χ1v) is 11.0. The maximum absolute atomic E-state index is 13.6. The molecule has 3 rings (SSSR count). The summed E-state index contributed by atoms with van der Waals surface area (Å²) in [5, 5.41) is 2.44. The predicted octanol–water partition coefficient (Wildman–Crippen LogP) is 4.18. The lowest BCUT2D eigenvalue weighted by Gasteiger charge is -2.34. The average Bonchev–Trinajstić information content (AvgIpc) is 2.64. The Balaban J connectivity index is 1.89. The second-order valence-electron chi connectivity index (χ2n) is 6.81. The van der Waals surface area contributed by atoms with Gasteiger partial charge in [-0.1, -0.05) is 23.2 Å². The van der Waals surface area contributed by atoms with Crippen molar-refractivity contribution < 1.29 is 22.3 Å². The highest BCUT2D eigenvalue weighted by Gasteiger charge is 2.33. The number of sulfonamides is 1. The maximum atomic E-state index is 13.6. The van der Waals surface area contributed by atoms with Crippen molar-refractivity contribution in [1.29, 1.82) is 0 Å². The molecule has 2 aromatic rings. The van der Waals surface area contributed by atoms with E-state index in [2.05, 4.69) is 5.32 Å². The number of nitrogens with one attached hydrogen (secondary N) is 1. The molecule has 0 bridgehead atoms. The van der Waals surface area contributed by atoms with Gasteiger partial charge in [-0.25, -0.2) is 12.8 Å². The normalized spacial score (nSPS) is 20.4. The quantitative estimate of drug-likeness (QED) is 0.742. The second kappa shape index (κ2) is 8.57. The molecule has 10 heteroatoms. The summed E-state index contributed by atoms with van der Waals surface area (Å²) in [6.45, 7) is 3.94. The van der Waals surface area contributed by atoms with E-state index in [9.17, 15) is 17.6 Å². The smallest absolute Gasteiger partial charge is 0.255 e. The number of ether oxygens (including phenoxy) is 1. The molecule has 0 aliphatic carbocycles. The molecule has 156 valence electrons. The summed E-state index contributed by atoms with van der Waals surface area (Å²) in [6, 6.07) is 7.78. The monoisotopic (exact) mass is 460 g/mol. The van der Waals surface area contributed by atoms with Gasteiger partial charge in [0, 0.05) is 24.3 Å². The van der Waals surface area contributed by atoms with Crippen LogP contribution in [0.1, 0.15) is 24.2 Å². The van der Waals surface area contributed by atoms with Crippen molar-refractivity contribution in [2.24, 2.45) is 0 Å². The van der Waals surface area contributed by atoms with E-state index in [-0.39, 0.29) is 51.5 Å². The van der Waals surface area contributed by atoms with E-state index >= 15 is 0 Å². The topological polar surface area (TPSA) is 75.7 Å². The van der Waals surface area contributed by atoms with E-state index in [0.717, 1.165) is 6.07 Å². The molecule has 1 aliphatic heterocycles. The SMILES string of the molecule is CC1CN(S(=O)(=O)c2cc(C(=O)Nc3ccc(Cl)c(F)c3)ccc2Cl)CC(C)O1. The molecule has 1 heterocycles. The van der Waals surface area contributed by atoms with Gasteiger partial charge in [0.15, 0.2) is 0 Å². The van der Waals surface area contributed by atoms with Crippen LogP contribution in [0.25, 0.3) is 0 Å². The van der Waals surface area contributed by atoms with Gasteiger partial charge in [-0.2, -0.15) is 4.31 Å². The Kier molecular flexibility index (Phi) is 6.50. The Hall–Kier alpha value is -1.71. The Morgan fingerprint density at radius 1 is 1.10 bits per heavy atom. The zero-order valence-electron chi connectivity index (χ0n) is 15.7. The number of carbonyl (C=O) groups is 1. The molecule has 0 aromatic heterocycles. The van der Waals surface area contributed by atoms with E-state index in [1.165, 1.54) is 34.6 Å². The van der Waals surface area contributed by atoms with Crippen molar-refractivity contribution in [3.05, 3.63) is 57.8 Å². The summed E-state index contributed by atoms with van der Waals surface area (Å²) in [5.41, 5.74) is 0.254. The molecular formula is C19H19Cl2FN2O4S. The van der Waals surface area contributed by atoms with Crippen LogP contribution in [0, 0.1) is 5.82 Å². The third-order valence-electron chi connectivity index (χ3n) is 4.37. The van der Waals surface area contributed by atoms with Gasteiger partial charge in [0.1, 0.15) is 10.7 Å². The average molecular weight is 461 g/mol. The number of amides is 1. The zero-order valence-corrected chi connectivity index (χ0v) is 18.0. The molecule has 1 amide bonds. The van der Waals surface area contributed by atoms with Crippen molar-refractivity contribution in [1.82, 2.24) is 4.31 Å². The lowest BCUT2D eigenvalue weighted by atomic mass is 10.2. The third kappa shape index (κ3) is 4.90. The molecule has 0 saturated carbocycles. The number of nitrogens with zero attached hydrogens (tertiary/aromatic N) is 1. The van der Waals surface area contributed by atoms with Gasteiger partial charge in [0.25, 0.3) is 5.91 Å². The maximum Gasteiger partial charge on any atom is 0.255 e. The van der Waals surface area contributed by atoms with E-state index in [4.69, 9.17) is 27.9 Å². The molecule has 1 aliphatic rings. The number of rotatable bonds is 4. The molecule has 29 heavy (non-hydrogen) atoms. The van der Waals surface area contributed by atoms with Gasteiger partial charge in [-0.3, -0.25) is 4.79 Å². The van der Waals surface area contributed by atoms with Crippen LogP contribution in [0.3, 0.4) is 0 Å². The summed E-state index contributed by atoms with van der Waals surface area (Å²) in [5.74, 6) is -1.29. The molecule has 1 saturated heterocycles. The van der Waals surface area contributed by atoms with Gasteiger partial charge < -0.3 is 10.1 Å². The Labute approximate surface area is 178 Å². The number of hydrogen-bond donors (Lipinski definition) is 1. The lowest BCUT2D eigenvalue weighted by molar-refractivity contribution is -0.0440. The first-order chi connectivity index (χ1) is 13.6. The Bertz CT molecular complexity index is 1040. The lowest BCUT2D eigenvalue weighted by Crippen LogP contribution is -2.48. The molecule has 2 unspecified atom stereocenters. The van der Waals surface area contributed by atoms with Crippen molar-refractivity contribution in [3.63, 3.8) is 0 Å². The first-order valence-electron chi connectivity index (χ1n) is 8.79. The molecule has 6 nitrogen and oxygen atoms in total. The van der Waals surface area contributed by atoms with Crippen LogP contribution in [-0.2, 0) is 14.8 Å². The van der Waals surface area contributed by atoms with Crippen LogP contribution in [0.15, 0.2) is 41.3 Å². The highest BCUT2D eigenvalue weighted by molar-refractivity contribution is 7.89. The molecule has 2 atom stereocenters.